The van der Waals surface area contributed by atoms with Crippen LogP contribution in [0.4, 0.5) is 8.78 Å². The SMILES string of the molecule is NCCc1ccn(Cc2c(F)ccc(Br)c2F)c1. The number of hydrogen-bond donors (Lipinski definition) is 1. The maximum atomic E-state index is 13.8. The van der Waals surface area contributed by atoms with Crippen molar-refractivity contribution in [2.24, 2.45) is 5.73 Å². The summed E-state index contributed by atoms with van der Waals surface area (Å²) in [4.78, 5) is 0. The maximum absolute atomic E-state index is 13.8. The highest BCUT2D eigenvalue weighted by Gasteiger charge is 2.12. The van der Waals surface area contributed by atoms with Gasteiger partial charge < -0.3 is 10.3 Å². The molecule has 0 radical (unpaired) electrons. The number of nitrogens with two attached hydrogens (primary N) is 1. The van der Waals surface area contributed by atoms with Crippen molar-refractivity contribution in [1.82, 2.24) is 4.57 Å². The molecule has 0 unspecified atom stereocenters. The second kappa shape index (κ2) is 5.63. The normalized spacial score (nSPS) is 10.9. The number of benzene rings is 1. The molecule has 5 heteroatoms. The minimum Gasteiger partial charge on any atom is -0.349 e. The van der Waals surface area contributed by atoms with Crippen LogP contribution in [0.25, 0.3) is 0 Å². The van der Waals surface area contributed by atoms with Crippen LogP contribution in [0.1, 0.15) is 11.1 Å². The minimum absolute atomic E-state index is 0.0549. The first-order chi connectivity index (χ1) is 8.61. The van der Waals surface area contributed by atoms with E-state index in [1.54, 1.807) is 10.8 Å². The van der Waals surface area contributed by atoms with Gasteiger partial charge in [-0.1, -0.05) is 0 Å². The zero-order valence-corrected chi connectivity index (χ0v) is 11.3. The Morgan fingerprint density at radius 1 is 1.22 bits per heavy atom. The molecule has 0 aliphatic rings. The van der Waals surface area contributed by atoms with Gasteiger partial charge >= 0.3 is 0 Å². The van der Waals surface area contributed by atoms with E-state index in [1.807, 2.05) is 12.3 Å². The number of halogens is 3. The van der Waals surface area contributed by atoms with Gasteiger partial charge in [0.05, 0.1) is 11.0 Å². The summed E-state index contributed by atoms with van der Waals surface area (Å²) in [6.45, 7) is 0.727. The summed E-state index contributed by atoms with van der Waals surface area (Å²) < 4.78 is 29.4. The summed E-state index contributed by atoms with van der Waals surface area (Å²) in [5.41, 5.74) is 6.57. The molecule has 1 aromatic carbocycles. The zero-order chi connectivity index (χ0) is 13.1. The minimum atomic E-state index is -0.552. The quantitative estimate of drug-likeness (QED) is 0.864. The van der Waals surface area contributed by atoms with Crippen molar-refractivity contribution in [2.75, 3.05) is 6.54 Å². The second-order valence-corrected chi connectivity index (χ2v) is 4.91. The molecular formula is C13H13BrF2N2. The molecule has 96 valence electrons. The van der Waals surface area contributed by atoms with E-state index in [0.717, 1.165) is 12.0 Å². The average molecular weight is 315 g/mol. The van der Waals surface area contributed by atoms with Crippen molar-refractivity contribution in [3.05, 3.63) is 57.8 Å². The maximum Gasteiger partial charge on any atom is 0.145 e. The van der Waals surface area contributed by atoms with Gasteiger partial charge in [-0.3, -0.25) is 0 Å². The van der Waals surface area contributed by atoms with E-state index in [1.165, 1.54) is 12.1 Å². The van der Waals surface area contributed by atoms with Gasteiger partial charge in [0.1, 0.15) is 11.6 Å². The van der Waals surface area contributed by atoms with E-state index in [2.05, 4.69) is 15.9 Å². The predicted molar refractivity (Wildman–Crippen MR) is 70.4 cm³/mol. The number of rotatable bonds is 4. The molecule has 0 fully saturated rings. The Hall–Kier alpha value is -1.20. The molecule has 0 aliphatic carbocycles. The summed E-state index contributed by atoms with van der Waals surface area (Å²) in [5.74, 6) is -1.09. The number of nitrogens with zero attached hydrogens (tertiary/aromatic N) is 1. The summed E-state index contributed by atoms with van der Waals surface area (Å²) in [6.07, 6.45) is 4.41. The van der Waals surface area contributed by atoms with Crippen molar-refractivity contribution in [1.29, 1.82) is 0 Å². The van der Waals surface area contributed by atoms with Crippen LogP contribution in [0.2, 0.25) is 0 Å². The van der Waals surface area contributed by atoms with Gasteiger partial charge in [0, 0.05) is 18.0 Å². The molecule has 1 aromatic heterocycles. The lowest BCUT2D eigenvalue weighted by Crippen LogP contribution is -2.04. The molecule has 0 atom stereocenters. The largest absolute Gasteiger partial charge is 0.349 e. The highest BCUT2D eigenvalue weighted by molar-refractivity contribution is 9.10. The van der Waals surface area contributed by atoms with E-state index >= 15 is 0 Å². The monoisotopic (exact) mass is 314 g/mol. The van der Waals surface area contributed by atoms with Gasteiger partial charge in [-0.2, -0.15) is 0 Å². The lowest BCUT2D eigenvalue weighted by molar-refractivity contribution is 0.541. The Morgan fingerprint density at radius 2 is 2.00 bits per heavy atom. The molecule has 0 bridgehead atoms. The Kier molecular flexibility index (Phi) is 4.14. The summed E-state index contributed by atoms with van der Waals surface area (Å²) in [7, 11) is 0. The second-order valence-electron chi connectivity index (χ2n) is 4.05. The molecule has 2 rings (SSSR count). The Labute approximate surface area is 113 Å². The molecular weight excluding hydrogens is 302 g/mol. The summed E-state index contributed by atoms with van der Waals surface area (Å²) in [6, 6.07) is 4.52. The van der Waals surface area contributed by atoms with E-state index in [9.17, 15) is 8.78 Å². The molecule has 1 heterocycles. The molecule has 0 spiro atoms. The fourth-order valence-corrected chi connectivity index (χ4v) is 2.17. The average Bonchev–Trinajstić information content (AvgIpc) is 2.78. The lowest BCUT2D eigenvalue weighted by Gasteiger charge is -2.07. The standard InChI is InChI=1S/C13H13BrF2N2/c14-11-1-2-12(15)10(13(11)16)8-18-6-4-9(7-18)3-5-17/h1-2,4,6-7H,3,5,8,17H2. The van der Waals surface area contributed by atoms with Crippen LogP contribution < -0.4 is 5.73 Å². The van der Waals surface area contributed by atoms with Crippen LogP contribution in [-0.2, 0) is 13.0 Å². The zero-order valence-electron chi connectivity index (χ0n) is 9.67. The van der Waals surface area contributed by atoms with Crippen LogP contribution in [-0.4, -0.2) is 11.1 Å². The fourth-order valence-electron chi connectivity index (χ4n) is 1.80. The summed E-state index contributed by atoms with van der Waals surface area (Å²) >= 11 is 3.06. The van der Waals surface area contributed by atoms with Crippen LogP contribution in [0, 0.1) is 11.6 Å². The molecule has 18 heavy (non-hydrogen) atoms. The lowest BCUT2D eigenvalue weighted by atomic mass is 10.2. The topological polar surface area (TPSA) is 30.9 Å². The van der Waals surface area contributed by atoms with Crippen molar-refractivity contribution in [3.8, 4) is 0 Å². The molecule has 0 amide bonds. The molecule has 0 aliphatic heterocycles. The Bertz CT molecular complexity index is 552. The van der Waals surface area contributed by atoms with Gasteiger partial charge in [-0.15, -0.1) is 0 Å². The fraction of sp³-hybridized carbons (Fsp3) is 0.231. The highest BCUT2D eigenvalue weighted by atomic mass is 79.9. The van der Waals surface area contributed by atoms with Gasteiger partial charge in [0.15, 0.2) is 0 Å². The molecule has 2 aromatic rings. The number of aromatic nitrogens is 1. The molecule has 2 nitrogen and oxygen atoms in total. The van der Waals surface area contributed by atoms with Gasteiger partial charge in [-0.05, 0) is 52.7 Å². The van der Waals surface area contributed by atoms with Crippen LogP contribution >= 0.6 is 15.9 Å². The third-order valence-corrected chi connectivity index (χ3v) is 3.34. The first-order valence-corrected chi connectivity index (χ1v) is 6.38. The van der Waals surface area contributed by atoms with E-state index in [4.69, 9.17) is 5.73 Å². The van der Waals surface area contributed by atoms with Crippen LogP contribution in [0.5, 0.6) is 0 Å². The van der Waals surface area contributed by atoms with Crippen LogP contribution in [0.3, 0.4) is 0 Å². The Morgan fingerprint density at radius 3 is 2.72 bits per heavy atom. The number of hydrogen-bond acceptors (Lipinski definition) is 1. The Balaban J connectivity index is 2.25. The van der Waals surface area contributed by atoms with Crippen molar-refractivity contribution < 1.29 is 8.78 Å². The van der Waals surface area contributed by atoms with Gasteiger partial charge in [0.25, 0.3) is 0 Å². The third kappa shape index (κ3) is 2.79. The highest BCUT2D eigenvalue weighted by Crippen LogP contribution is 2.22. The first kappa shape index (κ1) is 13.2. The van der Waals surface area contributed by atoms with Gasteiger partial charge in [-0.25, -0.2) is 8.78 Å². The van der Waals surface area contributed by atoms with Crippen molar-refractivity contribution >= 4 is 15.9 Å². The smallest absolute Gasteiger partial charge is 0.145 e. The van der Waals surface area contributed by atoms with E-state index in [0.29, 0.717) is 6.54 Å². The van der Waals surface area contributed by atoms with E-state index in [-0.39, 0.29) is 16.6 Å². The summed E-state index contributed by atoms with van der Waals surface area (Å²) in [5, 5.41) is 0. The van der Waals surface area contributed by atoms with Gasteiger partial charge in [0.2, 0.25) is 0 Å². The van der Waals surface area contributed by atoms with Crippen LogP contribution in [0.15, 0.2) is 35.1 Å². The van der Waals surface area contributed by atoms with E-state index < -0.39 is 11.6 Å². The first-order valence-electron chi connectivity index (χ1n) is 5.59. The molecule has 0 saturated carbocycles. The molecule has 2 N–H and O–H groups in total. The third-order valence-electron chi connectivity index (χ3n) is 2.72. The van der Waals surface area contributed by atoms with Crippen molar-refractivity contribution in [3.63, 3.8) is 0 Å². The predicted octanol–water partition coefficient (Wildman–Crippen LogP) is 3.08. The van der Waals surface area contributed by atoms with Crippen molar-refractivity contribution in [2.45, 2.75) is 13.0 Å². The molecule has 0 saturated heterocycles.